The predicted molar refractivity (Wildman–Crippen MR) is 135 cm³/mol. The maximum atomic E-state index is 14.1. The number of carbonyl (C=O) groups is 2. The van der Waals surface area contributed by atoms with Crippen molar-refractivity contribution < 1.29 is 27.1 Å². The number of nitrogens with zero attached hydrogens (tertiary/aromatic N) is 2. The van der Waals surface area contributed by atoms with Gasteiger partial charge < -0.3 is 15.0 Å². The SMILES string of the molecule is CS(=O)(=O)N(Cc1ccccc1F)c1ccc(C(=O)Nc2ccccc2C(=O)N2CCOCC2)cc1. The number of benzene rings is 3. The standard InChI is InChI=1S/C26H26FN3O5S/c1-36(33,34)30(18-20-6-2-4-8-23(20)27)21-12-10-19(11-13-21)25(31)28-24-9-5-3-7-22(24)26(32)29-14-16-35-17-15-29/h2-13H,14-18H2,1H3,(H,28,31). The molecule has 0 aliphatic carbocycles. The molecule has 3 aromatic carbocycles. The van der Waals surface area contributed by atoms with Crippen LogP contribution in [0.4, 0.5) is 15.8 Å². The van der Waals surface area contributed by atoms with E-state index in [1.807, 2.05) is 0 Å². The van der Waals surface area contributed by atoms with Crippen molar-refractivity contribution in [3.05, 3.63) is 95.3 Å². The van der Waals surface area contributed by atoms with Crippen molar-refractivity contribution in [2.75, 3.05) is 42.2 Å². The summed E-state index contributed by atoms with van der Waals surface area (Å²) in [7, 11) is -3.73. The molecule has 1 saturated heterocycles. The van der Waals surface area contributed by atoms with E-state index in [0.29, 0.717) is 43.2 Å². The van der Waals surface area contributed by atoms with Gasteiger partial charge in [-0.1, -0.05) is 30.3 Å². The fraction of sp³-hybridized carbons (Fsp3) is 0.231. The summed E-state index contributed by atoms with van der Waals surface area (Å²) in [6.45, 7) is 1.70. The van der Waals surface area contributed by atoms with E-state index in [2.05, 4.69) is 5.32 Å². The van der Waals surface area contributed by atoms with Crippen molar-refractivity contribution in [1.82, 2.24) is 4.90 Å². The number of amides is 2. The number of anilines is 2. The van der Waals surface area contributed by atoms with Crippen LogP contribution in [0.5, 0.6) is 0 Å². The Labute approximate surface area is 209 Å². The van der Waals surface area contributed by atoms with E-state index in [1.54, 1.807) is 35.2 Å². The van der Waals surface area contributed by atoms with Crippen molar-refractivity contribution >= 4 is 33.2 Å². The van der Waals surface area contributed by atoms with Gasteiger partial charge in [0.2, 0.25) is 10.0 Å². The van der Waals surface area contributed by atoms with Crippen LogP contribution in [0.25, 0.3) is 0 Å². The van der Waals surface area contributed by atoms with Gasteiger partial charge in [-0.2, -0.15) is 0 Å². The summed E-state index contributed by atoms with van der Waals surface area (Å²) < 4.78 is 45.3. The van der Waals surface area contributed by atoms with E-state index in [1.165, 1.54) is 42.5 Å². The summed E-state index contributed by atoms with van der Waals surface area (Å²) in [5, 5.41) is 2.77. The average Bonchev–Trinajstić information content (AvgIpc) is 2.88. The zero-order valence-electron chi connectivity index (χ0n) is 19.7. The van der Waals surface area contributed by atoms with E-state index in [-0.39, 0.29) is 23.6 Å². The number of hydrogen-bond donors (Lipinski definition) is 1. The Balaban J connectivity index is 1.52. The molecule has 3 aromatic rings. The minimum Gasteiger partial charge on any atom is -0.378 e. The second kappa shape index (κ2) is 10.9. The molecule has 36 heavy (non-hydrogen) atoms. The molecule has 2 amide bonds. The highest BCUT2D eigenvalue weighted by atomic mass is 32.2. The molecular formula is C26H26FN3O5S. The van der Waals surface area contributed by atoms with Crippen LogP contribution < -0.4 is 9.62 Å². The van der Waals surface area contributed by atoms with E-state index in [0.717, 1.165) is 10.6 Å². The molecule has 4 rings (SSSR count). The molecule has 0 bridgehead atoms. The molecule has 1 N–H and O–H groups in total. The van der Waals surface area contributed by atoms with Gasteiger partial charge in [-0.05, 0) is 42.5 Å². The third-order valence-corrected chi connectivity index (χ3v) is 6.93. The van der Waals surface area contributed by atoms with Gasteiger partial charge in [-0.25, -0.2) is 12.8 Å². The molecule has 1 aliphatic heterocycles. The lowest BCUT2D eigenvalue weighted by Crippen LogP contribution is -2.41. The Morgan fingerprint density at radius 3 is 2.28 bits per heavy atom. The molecule has 0 saturated carbocycles. The fourth-order valence-corrected chi connectivity index (χ4v) is 4.75. The number of ether oxygens (including phenoxy) is 1. The fourth-order valence-electron chi connectivity index (χ4n) is 3.87. The summed E-state index contributed by atoms with van der Waals surface area (Å²) >= 11 is 0. The number of morpholine rings is 1. The second-order valence-corrected chi connectivity index (χ2v) is 10.2. The summed E-state index contributed by atoms with van der Waals surface area (Å²) in [5.41, 5.74) is 1.54. The van der Waals surface area contributed by atoms with E-state index >= 15 is 0 Å². The van der Waals surface area contributed by atoms with Gasteiger partial charge in [-0.15, -0.1) is 0 Å². The molecule has 0 radical (unpaired) electrons. The Morgan fingerprint density at radius 1 is 0.972 bits per heavy atom. The Morgan fingerprint density at radius 2 is 1.61 bits per heavy atom. The van der Waals surface area contributed by atoms with Crippen molar-refractivity contribution in [3.8, 4) is 0 Å². The zero-order chi connectivity index (χ0) is 25.7. The van der Waals surface area contributed by atoms with Crippen LogP contribution in [0, 0.1) is 5.82 Å². The third kappa shape index (κ3) is 5.89. The quantitative estimate of drug-likeness (QED) is 0.524. The molecule has 8 nitrogen and oxygen atoms in total. The maximum Gasteiger partial charge on any atom is 0.256 e. The van der Waals surface area contributed by atoms with Gasteiger partial charge in [0.05, 0.1) is 43.0 Å². The van der Waals surface area contributed by atoms with E-state index in [9.17, 15) is 22.4 Å². The van der Waals surface area contributed by atoms with Gasteiger partial charge >= 0.3 is 0 Å². The topological polar surface area (TPSA) is 96.0 Å². The van der Waals surface area contributed by atoms with Gasteiger partial charge in [-0.3, -0.25) is 13.9 Å². The molecule has 1 fully saturated rings. The molecule has 10 heteroatoms. The zero-order valence-corrected chi connectivity index (χ0v) is 20.5. The summed E-state index contributed by atoms with van der Waals surface area (Å²) in [5.74, 6) is -1.15. The Hall–Kier alpha value is -3.76. The van der Waals surface area contributed by atoms with Crippen molar-refractivity contribution in [2.24, 2.45) is 0 Å². The molecule has 0 unspecified atom stereocenters. The van der Waals surface area contributed by atoms with Crippen LogP contribution in [0.3, 0.4) is 0 Å². The van der Waals surface area contributed by atoms with Crippen LogP contribution in [-0.4, -0.2) is 57.7 Å². The van der Waals surface area contributed by atoms with Gasteiger partial charge in [0.25, 0.3) is 11.8 Å². The largest absolute Gasteiger partial charge is 0.378 e. The summed E-state index contributed by atoms with van der Waals surface area (Å²) in [6, 6.07) is 18.7. The minimum absolute atomic E-state index is 0.186. The van der Waals surface area contributed by atoms with Gasteiger partial charge in [0, 0.05) is 24.2 Å². The molecule has 0 aromatic heterocycles. The predicted octanol–water partition coefficient (Wildman–Crippen LogP) is 3.52. The molecule has 0 spiro atoms. The molecule has 1 aliphatic rings. The number of carbonyl (C=O) groups excluding carboxylic acids is 2. The number of sulfonamides is 1. The van der Waals surface area contributed by atoms with Crippen molar-refractivity contribution in [2.45, 2.75) is 6.54 Å². The number of halogens is 1. The minimum atomic E-state index is -3.73. The highest BCUT2D eigenvalue weighted by Gasteiger charge is 2.23. The first-order valence-corrected chi connectivity index (χ1v) is 13.2. The molecular weight excluding hydrogens is 485 g/mol. The number of para-hydroxylation sites is 1. The third-order valence-electron chi connectivity index (χ3n) is 5.79. The lowest BCUT2D eigenvalue weighted by atomic mass is 10.1. The van der Waals surface area contributed by atoms with Crippen LogP contribution in [0.1, 0.15) is 26.3 Å². The molecule has 1 heterocycles. The lowest BCUT2D eigenvalue weighted by Gasteiger charge is -2.27. The van der Waals surface area contributed by atoms with Crippen LogP contribution in [-0.2, 0) is 21.3 Å². The second-order valence-electron chi connectivity index (χ2n) is 8.31. The van der Waals surface area contributed by atoms with Crippen LogP contribution in [0.15, 0.2) is 72.8 Å². The number of rotatable bonds is 7. The van der Waals surface area contributed by atoms with Crippen LogP contribution >= 0.6 is 0 Å². The first-order valence-electron chi connectivity index (χ1n) is 11.3. The van der Waals surface area contributed by atoms with Crippen LogP contribution in [0.2, 0.25) is 0 Å². The Bertz CT molecular complexity index is 1360. The number of hydrogen-bond acceptors (Lipinski definition) is 5. The van der Waals surface area contributed by atoms with Crippen molar-refractivity contribution in [3.63, 3.8) is 0 Å². The van der Waals surface area contributed by atoms with E-state index in [4.69, 9.17) is 4.74 Å². The highest BCUT2D eigenvalue weighted by molar-refractivity contribution is 7.92. The molecule has 0 atom stereocenters. The van der Waals surface area contributed by atoms with Crippen molar-refractivity contribution in [1.29, 1.82) is 0 Å². The normalized spacial score (nSPS) is 13.8. The maximum absolute atomic E-state index is 14.1. The lowest BCUT2D eigenvalue weighted by molar-refractivity contribution is 0.0303. The summed E-state index contributed by atoms with van der Waals surface area (Å²) in [6.07, 6.45) is 1.04. The highest BCUT2D eigenvalue weighted by Crippen LogP contribution is 2.24. The number of nitrogens with one attached hydrogen (secondary N) is 1. The summed E-state index contributed by atoms with van der Waals surface area (Å²) in [4.78, 5) is 27.6. The smallest absolute Gasteiger partial charge is 0.256 e. The monoisotopic (exact) mass is 511 g/mol. The van der Waals surface area contributed by atoms with E-state index < -0.39 is 21.7 Å². The first-order chi connectivity index (χ1) is 17.2. The van der Waals surface area contributed by atoms with Gasteiger partial charge in [0.15, 0.2) is 0 Å². The first kappa shape index (κ1) is 25.3. The van der Waals surface area contributed by atoms with Gasteiger partial charge in [0.1, 0.15) is 5.82 Å². The molecule has 188 valence electrons. The Kier molecular flexibility index (Phi) is 7.66. The average molecular weight is 512 g/mol.